The van der Waals surface area contributed by atoms with Crippen LogP contribution >= 0.6 is 23.1 Å². The predicted molar refractivity (Wildman–Crippen MR) is 88.5 cm³/mol. The summed E-state index contributed by atoms with van der Waals surface area (Å²) in [7, 11) is 0. The number of thioether (sulfide) groups is 1. The molecule has 1 aromatic carbocycles. The summed E-state index contributed by atoms with van der Waals surface area (Å²) in [6.07, 6.45) is 0. The zero-order valence-electron chi connectivity index (χ0n) is 12.3. The molecule has 2 aromatic heterocycles. The van der Waals surface area contributed by atoms with E-state index in [2.05, 4.69) is 10.2 Å². The smallest absolute Gasteiger partial charge is 0.307 e. The van der Waals surface area contributed by atoms with Crippen molar-refractivity contribution in [2.75, 3.05) is 5.75 Å². The van der Waals surface area contributed by atoms with Crippen molar-refractivity contribution in [3.8, 4) is 11.5 Å². The van der Waals surface area contributed by atoms with Gasteiger partial charge in [-0.1, -0.05) is 40.8 Å². The van der Waals surface area contributed by atoms with Crippen molar-refractivity contribution >= 4 is 23.1 Å². The van der Waals surface area contributed by atoms with Gasteiger partial charge in [0.25, 0.3) is 5.22 Å². The van der Waals surface area contributed by atoms with Crippen LogP contribution in [-0.4, -0.2) is 20.5 Å². The van der Waals surface area contributed by atoms with Gasteiger partial charge in [-0.2, -0.15) is 0 Å². The van der Waals surface area contributed by atoms with Gasteiger partial charge in [0.2, 0.25) is 5.89 Å². The van der Waals surface area contributed by atoms with Gasteiger partial charge in [-0.3, -0.25) is 4.79 Å². The standard InChI is InChI=1S/C15H15N3O2S2/c1-10-3-5-12(6-4-10)13-16-17-14(20-13)21-8-7-18-11(2)9-22-15(18)19/h3-6,9H,7-8H2,1-2H3. The SMILES string of the molecule is Cc1ccc(-c2nnc(SCCn3c(C)csc3=O)o2)cc1. The minimum absolute atomic E-state index is 0.0731. The van der Waals surface area contributed by atoms with E-state index in [4.69, 9.17) is 4.42 Å². The molecule has 0 aliphatic carbocycles. The van der Waals surface area contributed by atoms with Crippen molar-refractivity contribution in [2.45, 2.75) is 25.6 Å². The number of nitrogens with zero attached hydrogens (tertiary/aromatic N) is 3. The van der Waals surface area contributed by atoms with Crippen molar-refractivity contribution in [1.29, 1.82) is 0 Å². The molecule has 0 unspecified atom stereocenters. The van der Waals surface area contributed by atoms with Gasteiger partial charge in [-0.25, -0.2) is 0 Å². The highest BCUT2D eigenvalue weighted by Gasteiger charge is 2.09. The average molecular weight is 333 g/mol. The van der Waals surface area contributed by atoms with Crippen molar-refractivity contribution < 1.29 is 4.42 Å². The molecule has 7 heteroatoms. The normalized spacial score (nSPS) is 11.0. The zero-order valence-corrected chi connectivity index (χ0v) is 13.9. The highest BCUT2D eigenvalue weighted by molar-refractivity contribution is 7.99. The van der Waals surface area contributed by atoms with Gasteiger partial charge in [0.15, 0.2) is 0 Å². The van der Waals surface area contributed by atoms with Gasteiger partial charge >= 0.3 is 4.87 Å². The van der Waals surface area contributed by atoms with E-state index in [1.54, 1.807) is 4.57 Å². The number of rotatable bonds is 5. The highest BCUT2D eigenvalue weighted by atomic mass is 32.2. The molecule has 0 saturated heterocycles. The van der Waals surface area contributed by atoms with Crippen LogP contribution in [0.5, 0.6) is 0 Å². The number of hydrogen-bond donors (Lipinski definition) is 0. The molecule has 0 aliphatic heterocycles. The third-order valence-corrected chi connectivity index (χ3v) is 4.90. The molecular formula is C15H15N3O2S2. The summed E-state index contributed by atoms with van der Waals surface area (Å²) in [4.78, 5) is 11.7. The fourth-order valence-corrected chi connectivity index (χ4v) is 3.43. The second-order valence-electron chi connectivity index (χ2n) is 4.88. The molecule has 0 saturated carbocycles. The third-order valence-electron chi connectivity index (χ3n) is 3.22. The maximum Gasteiger partial charge on any atom is 0.307 e. The molecule has 0 aliphatic rings. The van der Waals surface area contributed by atoms with E-state index >= 15 is 0 Å². The van der Waals surface area contributed by atoms with E-state index in [9.17, 15) is 4.79 Å². The number of aromatic nitrogens is 3. The van der Waals surface area contributed by atoms with Gasteiger partial charge in [0, 0.05) is 28.9 Å². The Balaban J connectivity index is 1.62. The molecular weight excluding hydrogens is 318 g/mol. The minimum atomic E-state index is 0.0731. The van der Waals surface area contributed by atoms with Gasteiger partial charge in [-0.05, 0) is 26.0 Å². The largest absolute Gasteiger partial charge is 0.411 e. The topological polar surface area (TPSA) is 60.9 Å². The first kappa shape index (κ1) is 15.1. The van der Waals surface area contributed by atoms with Crippen LogP contribution in [0.3, 0.4) is 0 Å². The van der Waals surface area contributed by atoms with E-state index in [1.807, 2.05) is 43.5 Å². The van der Waals surface area contributed by atoms with Gasteiger partial charge < -0.3 is 8.98 Å². The van der Waals surface area contributed by atoms with Crippen molar-refractivity contribution in [3.63, 3.8) is 0 Å². The summed E-state index contributed by atoms with van der Waals surface area (Å²) >= 11 is 2.69. The minimum Gasteiger partial charge on any atom is -0.411 e. The summed E-state index contributed by atoms with van der Waals surface area (Å²) in [5.74, 6) is 1.24. The van der Waals surface area contributed by atoms with Gasteiger partial charge in [0.05, 0.1) is 0 Å². The predicted octanol–water partition coefficient (Wildman–Crippen LogP) is 3.37. The Morgan fingerprint density at radius 2 is 2.00 bits per heavy atom. The molecule has 0 fully saturated rings. The fourth-order valence-electron chi connectivity index (χ4n) is 1.98. The number of benzene rings is 1. The number of aryl methyl sites for hydroxylation is 2. The molecule has 3 aromatic rings. The number of thiazole rings is 1. The molecule has 114 valence electrons. The summed E-state index contributed by atoms with van der Waals surface area (Å²) < 4.78 is 7.40. The first-order valence-electron chi connectivity index (χ1n) is 6.82. The Labute approximate surface area is 136 Å². The van der Waals surface area contributed by atoms with E-state index in [0.29, 0.717) is 23.4 Å². The quantitative estimate of drug-likeness (QED) is 0.670. The lowest BCUT2D eigenvalue weighted by atomic mass is 10.1. The van der Waals surface area contributed by atoms with Gasteiger partial charge in [-0.15, -0.1) is 10.2 Å². The Bertz CT molecular complexity index is 818. The highest BCUT2D eigenvalue weighted by Crippen LogP contribution is 2.23. The zero-order chi connectivity index (χ0) is 15.5. The Morgan fingerprint density at radius 3 is 2.68 bits per heavy atom. The van der Waals surface area contributed by atoms with Crippen LogP contribution in [0.25, 0.3) is 11.5 Å². The van der Waals surface area contributed by atoms with Crippen LogP contribution in [0.4, 0.5) is 0 Å². The van der Waals surface area contributed by atoms with Crippen molar-refractivity contribution in [2.24, 2.45) is 0 Å². The lowest BCUT2D eigenvalue weighted by Gasteiger charge is -2.01. The summed E-state index contributed by atoms with van der Waals surface area (Å²) in [6.45, 7) is 4.61. The first-order valence-corrected chi connectivity index (χ1v) is 8.68. The summed E-state index contributed by atoms with van der Waals surface area (Å²) in [5, 5.41) is 10.5. The lowest BCUT2D eigenvalue weighted by Crippen LogP contribution is -2.15. The molecule has 0 N–H and O–H groups in total. The summed E-state index contributed by atoms with van der Waals surface area (Å²) in [6, 6.07) is 7.95. The van der Waals surface area contributed by atoms with Gasteiger partial charge in [0.1, 0.15) is 0 Å². The molecule has 0 spiro atoms. The summed E-state index contributed by atoms with van der Waals surface area (Å²) in [5.41, 5.74) is 3.09. The fraction of sp³-hybridized carbons (Fsp3) is 0.267. The van der Waals surface area contributed by atoms with Crippen LogP contribution < -0.4 is 4.87 Å². The molecule has 0 atom stereocenters. The molecule has 2 heterocycles. The third kappa shape index (κ3) is 3.31. The van der Waals surface area contributed by atoms with E-state index < -0.39 is 0 Å². The molecule has 0 bridgehead atoms. The molecule has 22 heavy (non-hydrogen) atoms. The molecule has 0 radical (unpaired) electrons. The maximum absolute atomic E-state index is 11.6. The Kier molecular flexibility index (Phi) is 4.44. The van der Waals surface area contributed by atoms with E-state index in [1.165, 1.54) is 28.7 Å². The number of hydrogen-bond acceptors (Lipinski definition) is 6. The second-order valence-corrected chi connectivity index (χ2v) is 6.75. The van der Waals surface area contributed by atoms with Crippen molar-refractivity contribution in [1.82, 2.24) is 14.8 Å². The van der Waals surface area contributed by atoms with Crippen LogP contribution in [-0.2, 0) is 6.54 Å². The van der Waals surface area contributed by atoms with Crippen LogP contribution in [0.1, 0.15) is 11.3 Å². The monoisotopic (exact) mass is 333 g/mol. The second kappa shape index (κ2) is 6.50. The van der Waals surface area contributed by atoms with Crippen LogP contribution in [0.15, 0.2) is 44.1 Å². The molecule has 3 rings (SSSR count). The van der Waals surface area contributed by atoms with Crippen LogP contribution in [0.2, 0.25) is 0 Å². The molecule has 0 amide bonds. The Morgan fingerprint density at radius 1 is 1.23 bits per heavy atom. The average Bonchev–Trinajstić information content (AvgIpc) is 3.10. The van der Waals surface area contributed by atoms with E-state index in [0.717, 1.165) is 11.3 Å². The van der Waals surface area contributed by atoms with E-state index in [-0.39, 0.29) is 4.87 Å². The van der Waals surface area contributed by atoms with Crippen molar-refractivity contribution in [3.05, 3.63) is 50.6 Å². The van der Waals surface area contributed by atoms with Crippen LogP contribution in [0, 0.1) is 13.8 Å². The Hall–Kier alpha value is -1.86. The lowest BCUT2D eigenvalue weighted by molar-refractivity contribution is 0.465. The first-order chi connectivity index (χ1) is 10.6. The molecule has 5 nitrogen and oxygen atoms in total. The maximum atomic E-state index is 11.6.